The molecule has 8 aliphatic heterocycles. The number of aliphatic hydroxyl groups is 1. The Hall–Kier alpha value is -15.3. The molecule has 28 nitrogen and oxygen atoms in total. The van der Waals surface area contributed by atoms with E-state index in [0.717, 1.165) is 80.4 Å². The summed E-state index contributed by atoms with van der Waals surface area (Å²) in [6.07, 6.45) is -2.48. The van der Waals surface area contributed by atoms with Crippen molar-refractivity contribution < 1.29 is 83.5 Å². The highest BCUT2D eigenvalue weighted by Crippen LogP contribution is 2.51. The number of nitrogens with one attached hydrogen (secondary N) is 7. The number of hydrogen-bond donors (Lipinski definition) is 14. The summed E-state index contributed by atoms with van der Waals surface area (Å²) in [6, 6.07) is 63.7. The number of hydrogen-bond acceptors (Lipinski definition) is 21. The van der Waals surface area contributed by atoms with Gasteiger partial charge in [-0.3, -0.25) is 53.6 Å². The lowest BCUT2D eigenvalue weighted by atomic mass is 9.87. The molecule has 17 bridgehead atoms. The second-order valence-corrected chi connectivity index (χ2v) is 35.5. The fourth-order valence-corrected chi connectivity index (χ4v) is 18.8. The molecule has 0 aromatic heterocycles. The van der Waals surface area contributed by atoms with E-state index in [-0.39, 0.29) is 116 Å². The third-order valence-electron chi connectivity index (χ3n) is 25.7. The maximum atomic E-state index is 16.6. The number of nitrogens with zero attached hydrogens (tertiary/aromatic N) is 4. The van der Waals surface area contributed by atoms with E-state index in [1.165, 1.54) is 83.8 Å². The summed E-state index contributed by atoms with van der Waals surface area (Å²) < 4.78 is 19.3. The fraction of sp³-hybridized carbons (Fsp3) is 0.198. The van der Waals surface area contributed by atoms with E-state index in [2.05, 4.69) is 83.4 Å². The van der Waals surface area contributed by atoms with E-state index in [9.17, 15) is 35.7 Å². The lowest BCUT2D eigenvalue weighted by Crippen LogP contribution is -2.57. The largest absolute Gasteiger partial charge is 0.508 e. The van der Waals surface area contributed by atoms with Crippen molar-refractivity contribution in [2.45, 2.75) is 81.0 Å². The van der Waals surface area contributed by atoms with E-state index in [1.54, 1.807) is 0 Å². The number of fused-ring (bicyclic) bond motifs is 14. The molecule has 21 rings (SSSR count). The maximum absolute atomic E-state index is 16.6. The molecule has 14 N–H and O–H groups in total. The first-order valence-corrected chi connectivity index (χ1v) is 45.3. The summed E-state index contributed by atoms with van der Waals surface area (Å²) in [6.45, 7) is 4.01. The quantitative estimate of drug-likeness (QED) is 0.0510. The summed E-state index contributed by atoms with van der Waals surface area (Å²) in [7, 11) is 0. The van der Waals surface area contributed by atoms with Gasteiger partial charge in [-0.15, -0.1) is 0 Å². The van der Waals surface area contributed by atoms with Gasteiger partial charge in [0.1, 0.15) is 88.6 Å². The van der Waals surface area contributed by atoms with E-state index in [4.69, 9.17) is 37.4 Å². The summed E-state index contributed by atoms with van der Waals surface area (Å²) in [5, 5.41) is 107. The van der Waals surface area contributed by atoms with Gasteiger partial charge in [0.25, 0.3) is 0 Å². The number of carbonyl (C=O) groups is 7. The predicted octanol–water partition coefficient (Wildman–Crippen LogP) is 14.4. The van der Waals surface area contributed by atoms with Crippen LogP contribution < -0.4 is 51.4 Å². The minimum Gasteiger partial charge on any atom is -0.508 e. The number of piperazine rings is 2. The number of rotatable bonds is 13. The van der Waals surface area contributed by atoms with Crippen LogP contribution in [0.15, 0.2) is 273 Å². The second-order valence-electron chi connectivity index (χ2n) is 34.7. The number of carbonyl (C=O) groups excluding carboxylic acids is 7. The first kappa shape index (κ1) is 89.9. The molecular formula is C106H93Cl2N11O17. The van der Waals surface area contributed by atoms with Gasteiger partial charge in [0.2, 0.25) is 47.1 Å². The number of phenols is 6. The van der Waals surface area contributed by atoms with Crippen molar-refractivity contribution in [3.05, 3.63) is 344 Å². The van der Waals surface area contributed by atoms with Crippen LogP contribution in [0.5, 0.6) is 69.0 Å². The number of aromatic hydroxyl groups is 6. The Morgan fingerprint density at radius 2 is 0.868 bits per heavy atom. The molecule has 7 amide bonds. The normalized spacial score (nSPS) is 19.9. The van der Waals surface area contributed by atoms with Gasteiger partial charge in [-0.05, 0) is 168 Å². The van der Waals surface area contributed by atoms with E-state index in [1.807, 2.05) is 132 Å². The van der Waals surface area contributed by atoms with Crippen molar-refractivity contribution in [3.63, 3.8) is 0 Å². The van der Waals surface area contributed by atoms with Gasteiger partial charge >= 0.3 is 0 Å². The monoisotopic (exact) mass is 1860 g/mol. The molecule has 13 aromatic carbocycles. The predicted molar refractivity (Wildman–Crippen MR) is 508 cm³/mol. The molecule has 688 valence electrons. The number of benzene rings is 13. The Labute approximate surface area is 791 Å². The Balaban J connectivity index is 0.709. The zero-order valence-electron chi connectivity index (χ0n) is 73.0. The first-order valence-electron chi connectivity index (χ1n) is 44.6. The third-order valence-corrected chi connectivity index (χ3v) is 26.3. The maximum Gasteiger partial charge on any atom is 0.249 e. The van der Waals surface area contributed by atoms with Crippen LogP contribution in [-0.2, 0) is 66.2 Å². The summed E-state index contributed by atoms with van der Waals surface area (Å²) in [5.41, 5.74) is 7.83. The smallest absolute Gasteiger partial charge is 0.249 e. The highest BCUT2D eigenvalue weighted by atomic mass is 35.5. The molecule has 0 saturated carbocycles. The number of halogens is 2. The SMILES string of the molecule is O=C1N[C@@H]2Cc3ccc(c(Cl)c3)Oc3cc4cc(c3O)Oc3ccc(cc3Cl)[C@@H](O)[C@@H]3NC(=O)[C@H](NC(=O)[C@@H]4NC(=O)[C@@H](NC2=O)c2cc(O)cc(c2)Oc2cc(ccc2O)[C@@H]1NCc1ccc(-c2ccccc2)cc1)c1ccc(O)c(c1)-c1c(cc(O)c(CN2CCN(Cc4ccc(-c5ccccc5)cc4)CC2)c1O)[C@@H](C(=O)N1CCN(Cc2ccc(-c4ccccc4)cc2)CC1)NC3=O. The molecule has 0 aliphatic carbocycles. The summed E-state index contributed by atoms with van der Waals surface area (Å²) in [5.74, 6) is -12.8. The highest BCUT2D eigenvalue weighted by Gasteiger charge is 2.44. The zero-order chi connectivity index (χ0) is 94.1. The van der Waals surface area contributed by atoms with Crippen LogP contribution >= 0.6 is 23.2 Å². The van der Waals surface area contributed by atoms with Gasteiger partial charge in [-0.2, -0.15) is 0 Å². The van der Waals surface area contributed by atoms with E-state index < -0.39 is 136 Å². The number of aliphatic hydroxyl groups excluding tert-OH is 1. The fourth-order valence-electron chi connectivity index (χ4n) is 18.3. The molecule has 136 heavy (non-hydrogen) atoms. The van der Waals surface area contributed by atoms with Crippen LogP contribution in [0.1, 0.15) is 97.5 Å². The van der Waals surface area contributed by atoms with Crippen LogP contribution in [0, 0.1) is 0 Å². The molecule has 2 saturated heterocycles. The zero-order valence-corrected chi connectivity index (χ0v) is 74.6. The number of amides is 7. The third kappa shape index (κ3) is 19.3. The summed E-state index contributed by atoms with van der Waals surface area (Å²) in [4.78, 5) is 121. The van der Waals surface area contributed by atoms with Crippen molar-refractivity contribution in [2.24, 2.45) is 0 Å². The summed E-state index contributed by atoms with van der Waals surface area (Å²) >= 11 is 14.4. The highest BCUT2D eigenvalue weighted by molar-refractivity contribution is 6.32. The minimum absolute atomic E-state index is 0.0528. The molecule has 0 spiro atoms. The average molecular weight is 1860 g/mol. The Kier molecular flexibility index (Phi) is 25.6. The lowest BCUT2D eigenvalue weighted by Gasteiger charge is -2.38. The van der Waals surface area contributed by atoms with Crippen molar-refractivity contribution in [1.82, 2.24) is 56.8 Å². The van der Waals surface area contributed by atoms with Gasteiger partial charge in [-0.25, -0.2) is 0 Å². The lowest BCUT2D eigenvalue weighted by molar-refractivity contribution is -0.140. The molecule has 30 heteroatoms. The van der Waals surface area contributed by atoms with Crippen LogP contribution in [0.4, 0.5) is 0 Å². The van der Waals surface area contributed by atoms with Gasteiger partial charge in [0, 0.05) is 102 Å². The topological polar surface area (TPSA) is 386 Å². The molecule has 2 fully saturated rings. The van der Waals surface area contributed by atoms with Gasteiger partial charge in [0.15, 0.2) is 23.0 Å². The molecule has 13 aromatic rings. The molecule has 8 atom stereocenters. The standard InChI is InChI=1S/C106H93Cl2N11O17/c107-79-44-62-22-34-85(79)135-88-51-73-52-89(99(88)126)136-86-35-31-71(49-80(86)108)97(124)96-105(132)114-95(106(133)119-42-40-117(41-43-119)57-61-20-27-68(28-21-61)65-14-8-3-9-15-65)77-54-84(123)78(58-118-38-36-116(37-39-118)56-60-18-25-67(26-19-60)64-12-6-2-7-13-64)98(125)90(77)76-48-69(29-32-82(76)121)92(102(129)115-96)112-104(131)94(73)113-103(130)93-72-46-74(120)53-75(47-72)134-87-50-70(30-33-83(87)122)91(101(128)110-81(45-62)100(127)111-93)109-55-59-16-23-66(24-17-59)63-10-4-1-5-11-63/h1-35,44,46-54,81,91-97,109,120-126H,36-43,45,55-58H2,(H,110,128)(H,111,127)(H,112,131)(H,113,130)(H,114,132)(H,115,129)/t81-,91+,92-,93+,94-,95+,96+,97-/m1/s1. The van der Waals surface area contributed by atoms with Crippen molar-refractivity contribution >= 4 is 64.6 Å². The molecule has 0 radical (unpaired) electrons. The second kappa shape index (κ2) is 38.7. The molecule has 8 heterocycles. The van der Waals surface area contributed by atoms with Crippen LogP contribution in [0.25, 0.3) is 44.5 Å². The van der Waals surface area contributed by atoms with Crippen molar-refractivity contribution in [2.75, 3.05) is 52.4 Å². The van der Waals surface area contributed by atoms with E-state index in [0.29, 0.717) is 57.9 Å². The minimum atomic E-state index is -2.21. The van der Waals surface area contributed by atoms with Crippen molar-refractivity contribution in [3.8, 4) is 114 Å². The molecular weight excluding hydrogens is 1770 g/mol. The Morgan fingerprint density at radius 3 is 1.44 bits per heavy atom. The van der Waals surface area contributed by atoms with Crippen molar-refractivity contribution in [1.29, 1.82) is 0 Å². The number of ether oxygens (including phenoxy) is 3. The van der Waals surface area contributed by atoms with Gasteiger partial charge in [0.05, 0.1) is 15.6 Å². The van der Waals surface area contributed by atoms with Crippen LogP contribution in [0.3, 0.4) is 0 Å². The molecule has 0 unspecified atom stereocenters. The van der Waals surface area contributed by atoms with E-state index >= 15 is 33.6 Å². The Morgan fingerprint density at radius 1 is 0.382 bits per heavy atom. The van der Waals surface area contributed by atoms with Crippen LogP contribution in [0.2, 0.25) is 10.0 Å². The number of phenolic OH excluding ortho intramolecular Hbond substituents is 6. The van der Waals surface area contributed by atoms with Gasteiger partial charge < -0.3 is 86.8 Å². The Bertz CT molecular complexity index is 6790. The first-order chi connectivity index (χ1) is 65.9. The average Bonchev–Trinajstić information content (AvgIpc) is 0.742. The molecule has 8 aliphatic rings. The van der Waals surface area contributed by atoms with Gasteiger partial charge in [-0.1, -0.05) is 211 Å². The van der Waals surface area contributed by atoms with Crippen LogP contribution in [-0.4, -0.2) is 161 Å².